The predicted octanol–water partition coefficient (Wildman–Crippen LogP) is 2.39. The minimum atomic E-state index is -0.165. The molecular weight excluding hydrogens is 338 g/mol. The molecule has 7 heteroatoms. The van der Waals surface area contributed by atoms with Crippen LogP contribution in [-0.2, 0) is 16.1 Å². The molecule has 130 valence electrons. The number of nitrogens with one attached hydrogen (secondary N) is 1. The zero-order valence-corrected chi connectivity index (χ0v) is 14.6. The Balaban J connectivity index is 1.39. The van der Waals surface area contributed by atoms with Gasteiger partial charge >= 0.3 is 0 Å². The third-order valence-electron chi connectivity index (χ3n) is 4.19. The van der Waals surface area contributed by atoms with E-state index in [0.29, 0.717) is 10.7 Å². The lowest BCUT2D eigenvalue weighted by molar-refractivity contribution is -0.113. The fraction of sp³-hybridized carbons (Fsp3) is 0.333. The Bertz CT molecular complexity index is 796. The summed E-state index contributed by atoms with van der Waals surface area (Å²) in [5, 5.41) is 5.49. The van der Waals surface area contributed by atoms with Crippen LogP contribution in [0.2, 0.25) is 0 Å². The van der Waals surface area contributed by atoms with Gasteiger partial charge in [-0.1, -0.05) is 18.2 Å². The number of anilines is 1. The lowest BCUT2D eigenvalue weighted by atomic mass is 10.1. The molecule has 1 N–H and O–H groups in total. The topological polar surface area (TPSA) is 63.7 Å². The Morgan fingerprint density at radius 3 is 3.00 bits per heavy atom. The van der Waals surface area contributed by atoms with E-state index in [1.807, 2.05) is 35.7 Å². The molecule has 1 aromatic carbocycles. The third kappa shape index (κ3) is 3.89. The van der Waals surface area contributed by atoms with Crippen molar-refractivity contribution in [2.45, 2.75) is 6.54 Å². The molecule has 2 aliphatic rings. The van der Waals surface area contributed by atoms with Gasteiger partial charge in [0.05, 0.1) is 24.5 Å². The fourth-order valence-electron chi connectivity index (χ4n) is 2.85. The van der Waals surface area contributed by atoms with Crippen molar-refractivity contribution >= 4 is 28.5 Å². The highest BCUT2D eigenvalue weighted by Gasteiger charge is 2.18. The first-order valence-corrected chi connectivity index (χ1v) is 9.14. The summed E-state index contributed by atoms with van der Waals surface area (Å²) in [7, 11) is 0. The maximum atomic E-state index is 12.5. The second-order valence-corrected chi connectivity index (χ2v) is 6.84. The third-order valence-corrected chi connectivity index (χ3v) is 4.99. The smallest absolute Gasteiger partial charge is 0.256 e. The number of fused-ring (bicyclic) bond motifs is 1. The van der Waals surface area contributed by atoms with Crippen molar-refractivity contribution in [3.05, 3.63) is 46.5 Å². The van der Waals surface area contributed by atoms with E-state index in [4.69, 9.17) is 9.47 Å². The highest BCUT2D eigenvalue weighted by molar-refractivity contribution is 7.14. The molecular formula is C18H19N3O3S. The highest BCUT2D eigenvalue weighted by atomic mass is 32.1. The van der Waals surface area contributed by atoms with Crippen LogP contribution in [0.25, 0.3) is 6.08 Å². The highest BCUT2D eigenvalue weighted by Crippen LogP contribution is 2.26. The molecule has 0 saturated carbocycles. The molecule has 4 rings (SSSR count). The van der Waals surface area contributed by atoms with Crippen LogP contribution >= 0.6 is 11.3 Å². The van der Waals surface area contributed by atoms with Crippen LogP contribution in [0.3, 0.4) is 0 Å². The molecule has 1 fully saturated rings. The molecule has 0 spiro atoms. The van der Waals surface area contributed by atoms with E-state index in [1.165, 1.54) is 11.3 Å². The van der Waals surface area contributed by atoms with Crippen molar-refractivity contribution < 1.29 is 14.3 Å². The van der Waals surface area contributed by atoms with Crippen molar-refractivity contribution in [3.63, 3.8) is 0 Å². The second kappa shape index (κ2) is 7.35. The average molecular weight is 357 g/mol. The van der Waals surface area contributed by atoms with Gasteiger partial charge < -0.3 is 9.47 Å². The van der Waals surface area contributed by atoms with E-state index < -0.39 is 0 Å². The number of hydrogen-bond donors (Lipinski definition) is 1. The largest absolute Gasteiger partial charge is 0.488 e. The quantitative estimate of drug-likeness (QED) is 0.910. The Hall–Kier alpha value is -2.22. The number of rotatable bonds is 4. The molecule has 0 atom stereocenters. The van der Waals surface area contributed by atoms with Crippen LogP contribution in [0.1, 0.15) is 11.3 Å². The van der Waals surface area contributed by atoms with Crippen molar-refractivity contribution in [2.75, 3.05) is 38.2 Å². The number of para-hydroxylation sites is 1. The van der Waals surface area contributed by atoms with E-state index in [-0.39, 0.29) is 12.5 Å². The lowest BCUT2D eigenvalue weighted by Crippen LogP contribution is -2.35. The minimum absolute atomic E-state index is 0.165. The van der Waals surface area contributed by atoms with E-state index in [0.717, 1.165) is 49.9 Å². The summed E-state index contributed by atoms with van der Waals surface area (Å²) >= 11 is 1.45. The Morgan fingerprint density at radius 1 is 1.28 bits per heavy atom. The van der Waals surface area contributed by atoms with Gasteiger partial charge in [0.1, 0.15) is 12.4 Å². The van der Waals surface area contributed by atoms with Crippen molar-refractivity contribution in [3.8, 4) is 5.75 Å². The number of carbonyl (C=O) groups is 1. The molecule has 2 aromatic rings. The summed E-state index contributed by atoms with van der Waals surface area (Å²) in [4.78, 5) is 19.3. The first-order chi connectivity index (χ1) is 12.3. The predicted molar refractivity (Wildman–Crippen MR) is 96.8 cm³/mol. The lowest BCUT2D eigenvalue weighted by Gasteiger charge is -2.25. The molecule has 2 aliphatic heterocycles. The first-order valence-electron chi connectivity index (χ1n) is 8.26. The summed E-state index contributed by atoms with van der Waals surface area (Å²) in [6.07, 6.45) is 1.87. The van der Waals surface area contributed by atoms with Crippen LogP contribution in [0.15, 0.2) is 35.2 Å². The fourth-order valence-corrected chi connectivity index (χ4v) is 3.55. The van der Waals surface area contributed by atoms with Gasteiger partial charge in [0.15, 0.2) is 5.13 Å². The van der Waals surface area contributed by atoms with Crippen molar-refractivity contribution in [2.24, 2.45) is 0 Å². The Labute approximate surface area is 150 Å². The van der Waals surface area contributed by atoms with Gasteiger partial charge in [-0.15, -0.1) is 11.3 Å². The monoisotopic (exact) mass is 357 g/mol. The van der Waals surface area contributed by atoms with Crippen LogP contribution in [0.4, 0.5) is 5.13 Å². The van der Waals surface area contributed by atoms with E-state index in [2.05, 4.69) is 15.2 Å². The normalized spacial score (nSPS) is 17.4. The van der Waals surface area contributed by atoms with Gasteiger partial charge in [0.25, 0.3) is 5.91 Å². The molecule has 6 nitrogen and oxygen atoms in total. The molecule has 1 aromatic heterocycles. The van der Waals surface area contributed by atoms with E-state index in [9.17, 15) is 4.79 Å². The van der Waals surface area contributed by atoms with E-state index >= 15 is 0 Å². The zero-order valence-electron chi connectivity index (χ0n) is 13.7. The molecule has 0 unspecified atom stereocenters. The number of amides is 1. The first kappa shape index (κ1) is 16.3. The number of morpholine rings is 1. The van der Waals surface area contributed by atoms with Crippen molar-refractivity contribution in [1.82, 2.24) is 9.88 Å². The maximum Gasteiger partial charge on any atom is 0.256 e. The van der Waals surface area contributed by atoms with Crippen LogP contribution < -0.4 is 10.1 Å². The molecule has 0 aliphatic carbocycles. The Morgan fingerprint density at radius 2 is 2.12 bits per heavy atom. The second-order valence-electron chi connectivity index (χ2n) is 5.98. The Kier molecular flexibility index (Phi) is 4.78. The SMILES string of the molecule is O=C(Nc1nc(CN2CCOCC2)cs1)C1=Cc2ccccc2OC1. The van der Waals surface area contributed by atoms with Gasteiger partial charge in [0.2, 0.25) is 0 Å². The molecule has 3 heterocycles. The van der Waals surface area contributed by atoms with Crippen molar-refractivity contribution in [1.29, 1.82) is 0 Å². The molecule has 1 saturated heterocycles. The number of aromatic nitrogens is 1. The number of nitrogens with zero attached hydrogens (tertiary/aromatic N) is 2. The minimum Gasteiger partial charge on any atom is -0.488 e. The zero-order chi connectivity index (χ0) is 17.1. The molecule has 25 heavy (non-hydrogen) atoms. The summed E-state index contributed by atoms with van der Waals surface area (Å²) in [6.45, 7) is 4.43. The van der Waals surface area contributed by atoms with Gasteiger partial charge in [-0.3, -0.25) is 15.0 Å². The maximum absolute atomic E-state index is 12.5. The summed E-state index contributed by atoms with van der Waals surface area (Å²) in [6, 6.07) is 7.69. The van der Waals surface area contributed by atoms with E-state index in [1.54, 1.807) is 0 Å². The summed E-state index contributed by atoms with van der Waals surface area (Å²) in [5.74, 6) is 0.642. The van der Waals surface area contributed by atoms with Gasteiger partial charge in [-0.05, 0) is 12.1 Å². The molecule has 0 radical (unpaired) electrons. The average Bonchev–Trinajstić information content (AvgIpc) is 3.09. The number of hydrogen-bond acceptors (Lipinski definition) is 6. The van der Waals surface area contributed by atoms with Crippen LogP contribution in [-0.4, -0.2) is 48.7 Å². The van der Waals surface area contributed by atoms with Crippen LogP contribution in [0, 0.1) is 0 Å². The molecule has 1 amide bonds. The van der Waals surface area contributed by atoms with Crippen LogP contribution in [0.5, 0.6) is 5.75 Å². The van der Waals surface area contributed by atoms with Gasteiger partial charge in [-0.2, -0.15) is 0 Å². The standard InChI is InChI=1S/C18H19N3O3S/c22-17(14-9-13-3-1-2-4-16(13)24-11-14)20-18-19-15(12-25-18)10-21-5-7-23-8-6-21/h1-4,9,12H,5-8,10-11H2,(H,19,20,22). The number of ether oxygens (including phenoxy) is 2. The number of benzene rings is 1. The summed E-state index contributed by atoms with van der Waals surface area (Å²) in [5.41, 5.74) is 2.50. The van der Waals surface area contributed by atoms with Gasteiger partial charge in [-0.25, -0.2) is 4.98 Å². The number of thiazole rings is 1. The molecule has 0 bridgehead atoms. The van der Waals surface area contributed by atoms with Gasteiger partial charge in [0, 0.05) is 30.6 Å². The summed E-state index contributed by atoms with van der Waals surface area (Å²) < 4.78 is 11.0. The number of carbonyl (C=O) groups excluding carboxylic acids is 1.